The van der Waals surface area contributed by atoms with Gasteiger partial charge in [0.15, 0.2) is 8.07 Å². The van der Waals surface area contributed by atoms with Crippen LogP contribution in [0, 0.1) is 0 Å². The monoisotopic (exact) mass is 673 g/mol. The molecule has 0 atom stereocenters. The van der Waals surface area contributed by atoms with Crippen LogP contribution in [0.4, 0.5) is 17.1 Å². The van der Waals surface area contributed by atoms with Crippen LogP contribution in [-0.4, -0.2) is 8.07 Å². The fourth-order valence-corrected chi connectivity index (χ4v) is 15.1. The second kappa shape index (κ2) is 11.7. The van der Waals surface area contributed by atoms with Crippen LogP contribution in [0.25, 0.3) is 21.9 Å². The molecule has 8 aromatic carbocycles. The molecule has 0 bridgehead atoms. The Balaban J connectivity index is 1.21. The SMILES string of the molecule is c1ccc(-c2ccc(N(c3ccc4c(c3)Oc3ccccc3[Si]43c4ccccc4Sc4ccccc43)c3cccc4ccccc34)cc2)cc1. The Morgan fingerprint density at radius 1 is 0.420 bits per heavy atom. The summed E-state index contributed by atoms with van der Waals surface area (Å²) in [6.07, 6.45) is 0. The number of benzene rings is 8. The minimum Gasteiger partial charge on any atom is -0.457 e. The Morgan fingerprint density at radius 3 is 1.78 bits per heavy atom. The van der Waals surface area contributed by atoms with Crippen LogP contribution in [-0.2, 0) is 0 Å². The van der Waals surface area contributed by atoms with Crippen molar-refractivity contribution < 1.29 is 4.74 Å². The fraction of sp³-hybridized carbons (Fsp3) is 0. The summed E-state index contributed by atoms with van der Waals surface area (Å²) in [7, 11) is -2.72. The molecule has 10 rings (SSSR count). The van der Waals surface area contributed by atoms with Gasteiger partial charge in [-0.05, 0) is 79.7 Å². The minimum atomic E-state index is -2.72. The van der Waals surface area contributed by atoms with E-state index < -0.39 is 8.07 Å². The molecule has 0 aromatic heterocycles. The zero-order chi connectivity index (χ0) is 33.1. The number of nitrogens with zero attached hydrogens (tertiary/aromatic N) is 1. The number of anilines is 3. The van der Waals surface area contributed by atoms with Crippen molar-refractivity contribution in [3.8, 4) is 22.6 Å². The van der Waals surface area contributed by atoms with Crippen LogP contribution in [0.15, 0.2) is 198 Å². The molecule has 8 aromatic rings. The number of rotatable bonds is 4. The molecule has 50 heavy (non-hydrogen) atoms. The molecule has 0 N–H and O–H groups in total. The minimum absolute atomic E-state index is 0.926. The molecule has 0 radical (unpaired) electrons. The summed E-state index contributed by atoms with van der Waals surface area (Å²) in [6.45, 7) is 0. The van der Waals surface area contributed by atoms with Gasteiger partial charge in [0.1, 0.15) is 11.5 Å². The van der Waals surface area contributed by atoms with E-state index in [1.807, 2.05) is 11.8 Å². The van der Waals surface area contributed by atoms with Crippen molar-refractivity contribution in [1.29, 1.82) is 0 Å². The molecule has 2 heterocycles. The van der Waals surface area contributed by atoms with Crippen molar-refractivity contribution in [2.45, 2.75) is 9.79 Å². The maximum atomic E-state index is 6.96. The van der Waals surface area contributed by atoms with Crippen molar-refractivity contribution in [3.63, 3.8) is 0 Å². The molecule has 2 aliphatic heterocycles. The topological polar surface area (TPSA) is 12.5 Å². The average molecular weight is 674 g/mol. The molecular weight excluding hydrogens is 643 g/mol. The average Bonchev–Trinajstić information content (AvgIpc) is 3.18. The number of hydrogen-bond donors (Lipinski definition) is 0. The first-order chi connectivity index (χ1) is 24.8. The van der Waals surface area contributed by atoms with Gasteiger partial charge in [-0.1, -0.05) is 151 Å². The highest BCUT2D eigenvalue weighted by Crippen LogP contribution is 2.43. The maximum Gasteiger partial charge on any atom is 0.190 e. The van der Waals surface area contributed by atoms with Gasteiger partial charge in [0.05, 0.1) is 5.69 Å². The summed E-state index contributed by atoms with van der Waals surface area (Å²) in [4.78, 5) is 5.05. The van der Waals surface area contributed by atoms with E-state index in [9.17, 15) is 0 Å². The molecule has 1 spiro atoms. The van der Waals surface area contributed by atoms with Gasteiger partial charge in [-0.15, -0.1) is 0 Å². The van der Waals surface area contributed by atoms with Crippen molar-refractivity contribution >= 4 is 68.4 Å². The lowest BCUT2D eigenvalue weighted by atomic mass is 10.0. The zero-order valence-electron chi connectivity index (χ0n) is 27.2. The largest absolute Gasteiger partial charge is 0.457 e. The summed E-state index contributed by atoms with van der Waals surface area (Å²) in [5, 5.41) is 7.86. The third-order valence-corrected chi connectivity index (χ3v) is 16.6. The number of ether oxygens (including phenoxy) is 1. The van der Waals surface area contributed by atoms with Gasteiger partial charge in [-0.25, -0.2) is 0 Å². The van der Waals surface area contributed by atoms with E-state index in [1.54, 1.807) is 0 Å². The van der Waals surface area contributed by atoms with Gasteiger partial charge < -0.3 is 9.64 Å². The highest BCUT2D eigenvalue weighted by molar-refractivity contribution is 8.00. The normalized spacial score (nSPS) is 13.4. The first-order valence-corrected chi connectivity index (χ1v) is 19.8. The summed E-state index contributed by atoms with van der Waals surface area (Å²) in [5.41, 5.74) is 5.68. The van der Waals surface area contributed by atoms with Gasteiger partial charge in [-0.2, -0.15) is 0 Å². The van der Waals surface area contributed by atoms with E-state index in [1.165, 1.54) is 52.4 Å². The quantitative estimate of drug-likeness (QED) is 0.173. The summed E-state index contributed by atoms with van der Waals surface area (Å²) >= 11 is 1.89. The Morgan fingerprint density at radius 2 is 1.00 bits per heavy atom. The molecule has 0 saturated heterocycles. The molecular formula is C46H31NOSSi. The van der Waals surface area contributed by atoms with Crippen LogP contribution in [0.3, 0.4) is 0 Å². The molecule has 4 heteroatoms. The zero-order valence-corrected chi connectivity index (χ0v) is 29.0. The summed E-state index contributed by atoms with van der Waals surface area (Å²) in [5.74, 6) is 1.87. The lowest BCUT2D eigenvalue weighted by Gasteiger charge is -2.43. The Kier molecular flexibility index (Phi) is 6.79. The maximum absolute atomic E-state index is 6.96. The summed E-state index contributed by atoms with van der Waals surface area (Å²) < 4.78 is 6.96. The first-order valence-electron chi connectivity index (χ1n) is 17.0. The lowest BCUT2D eigenvalue weighted by Crippen LogP contribution is -2.77. The van der Waals surface area contributed by atoms with Crippen LogP contribution in [0.5, 0.6) is 11.5 Å². The smallest absolute Gasteiger partial charge is 0.190 e. The van der Waals surface area contributed by atoms with Gasteiger partial charge in [0.25, 0.3) is 0 Å². The highest BCUT2D eigenvalue weighted by Gasteiger charge is 2.52. The van der Waals surface area contributed by atoms with E-state index in [0.717, 1.165) is 28.6 Å². The molecule has 236 valence electrons. The van der Waals surface area contributed by atoms with E-state index in [4.69, 9.17) is 4.74 Å². The van der Waals surface area contributed by atoms with Crippen LogP contribution < -0.4 is 30.4 Å². The van der Waals surface area contributed by atoms with E-state index in [-0.39, 0.29) is 0 Å². The fourth-order valence-electron chi connectivity index (χ4n) is 8.01. The third-order valence-electron chi connectivity index (χ3n) is 10.2. The van der Waals surface area contributed by atoms with Crippen molar-refractivity contribution in [1.82, 2.24) is 0 Å². The predicted octanol–water partition coefficient (Wildman–Crippen LogP) is 9.92. The molecule has 0 fully saturated rings. The van der Waals surface area contributed by atoms with E-state index in [0.29, 0.717) is 0 Å². The molecule has 0 unspecified atom stereocenters. The second-order valence-electron chi connectivity index (χ2n) is 12.9. The van der Waals surface area contributed by atoms with Crippen molar-refractivity contribution in [3.05, 3.63) is 188 Å². The van der Waals surface area contributed by atoms with Crippen LogP contribution >= 0.6 is 11.8 Å². The van der Waals surface area contributed by atoms with E-state index >= 15 is 0 Å². The van der Waals surface area contributed by atoms with Crippen molar-refractivity contribution in [2.75, 3.05) is 4.90 Å². The van der Waals surface area contributed by atoms with Gasteiger partial charge in [0, 0.05) is 32.6 Å². The number of para-hydroxylation sites is 1. The highest BCUT2D eigenvalue weighted by atomic mass is 32.2. The molecule has 2 aliphatic rings. The summed E-state index contributed by atoms with van der Waals surface area (Å²) in [6, 6.07) is 68.4. The Labute approximate surface area is 297 Å². The van der Waals surface area contributed by atoms with Gasteiger partial charge >= 0.3 is 0 Å². The van der Waals surface area contributed by atoms with Gasteiger partial charge in [-0.3, -0.25) is 0 Å². The van der Waals surface area contributed by atoms with Gasteiger partial charge in [0.2, 0.25) is 0 Å². The lowest BCUT2D eigenvalue weighted by molar-refractivity contribution is 0.487. The number of hydrogen-bond acceptors (Lipinski definition) is 3. The Bertz CT molecular complexity index is 2500. The molecule has 0 aliphatic carbocycles. The Hall–Kier alpha value is -5.81. The molecule has 2 nitrogen and oxygen atoms in total. The van der Waals surface area contributed by atoms with Crippen molar-refractivity contribution in [2.24, 2.45) is 0 Å². The molecule has 0 amide bonds. The standard InChI is InChI=1S/C46H31NOSSi/c1-2-13-32(14-3-1)33-25-27-35(28-26-33)47(38-18-12-16-34-15-4-5-17-37(34)38)36-29-30-44-40(31-36)48-39-19-6-9-22-43(39)50(44)45-23-10-7-20-41(45)49-42-21-8-11-24-46(42)50/h1-31H. The number of fused-ring (bicyclic) bond motifs is 9. The van der Waals surface area contributed by atoms with Crippen LogP contribution in [0.1, 0.15) is 0 Å². The van der Waals surface area contributed by atoms with E-state index in [2.05, 4.69) is 193 Å². The molecule has 0 saturated carbocycles. The third kappa shape index (κ3) is 4.42. The van der Waals surface area contributed by atoms with Crippen LogP contribution in [0.2, 0.25) is 0 Å². The first kappa shape index (κ1) is 29.1. The second-order valence-corrected chi connectivity index (χ2v) is 17.6. The predicted molar refractivity (Wildman–Crippen MR) is 212 cm³/mol.